The fraction of sp³-hybridized carbons (Fsp3) is 0.273. The van der Waals surface area contributed by atoms with E-state index in [1.54, 1.807) is 0 Å². The zero-order valence-electron chi connectivity index (χ0n) is 7.97. The second-order valence-electron chi connectivity index (χ2n) is 3.04. The van der Waals surface area contributed by atoms with Crippen molar-refractivity contribution >= 4 is 22.0 Å². The van der Waals surface area contributed by atoms with E-state index in [4.69, 9.17) is 5.73 Å². The Balaban J connectivity index is 3.17. The molecule has 1 nitrogen and oxygen atoms in total. The number of hydrogen-bond acceptors (Lipinski definition) is 1. The minimum absolute atomic E-state index is 0.583. The van der Waals surface area contributed by atoms with Crippen molar-refractivity contribution in [1.29, 1.82) is 0 Å². The van der Waals surface area contributed by atoms with Crippen LogP contribution in [0.4, 0.5) is 0 Å². The molecule has 0 atom stereocenters. The minimum atomic E-state index is 0.583. The predicted octanol–water partition coefficient (Wildman–Crippen LogP) is 3.04. The molecule has 0 aliphatic rings. The average molecular weight is 240 g/mol. The summed E-state index contributed by atoms with van der Waals surface area (Å²) >= 11 is 3.52. The minimum Gasteiger partial charge on any atom is -0.327 e. The van der Waals surface area contributed by atoms with E-state index in [-0.39, 0.29) is 0 Å². The Hall–Kier alpha value is -0.600. The summed E-state index contributed by atoms with van der Waals surface area (Å²) in [6.07, 6.45) is 4.03. The molecule has 1 rings (SSSR count). The molecule has 0 saturated heterocycles. The summed E-state index contributed by atoms with van der Waals surface area (Å²) in [6, 6.07) is 4.18. The van der Waals surface area contributed by atoms with Crippen LogP contribution in [0, 0.1) is 13.8 Å². The molecule has 0 aliphatic carbocycles. The zero-order chi connectivity index (χ0) is 9.84. The van der Waals surface area contributed by atoms with Gasteiger partial charge >= 0.3 is 0 Å². The van der Waals surface area contributed by atoms with E-state index in [9.17, 15) is 0 Å². The number of hydrogen-bond donors (Lipinski definition) is 1. The Morgan fingerprint density at radius 2 is 2.08 bits per heavy atom. The lowest BCUT2D eigenvalue weighted by atomic mass is 10.0. The van der Waals surface area contributed by atoms with Crippen LogP contribution in [0.3, 0.4) is 0 Å². The van der Waals surface area contributed by atoms with E-state index in [0.717, 1.165) is 4.47 Å². The first-order chi connectivity index (χ1) is 6.16. The van der Waals surface area contributed by atoms with Crippen LogP contribution in [0.5, 0.6) is 0 Å². The van der Waals surface area contributed by atoms with Crippen LogP contribution < -0.4 is 5.73 Å². The van der Waals surface area contributed by atoms with Gasteiger partial charge in [-0.3, -0.25) is 0 Å². The van der Waals surface area contributed by atoms with Crippen molar-refractivity contribution in [2.24, 2.45) is 5.73 Å². The van der Waals surface area contributed by atoms with Gasteiger partial charge in [0.1, 0.15) is 0 Å². The highest BCUT2D eigenvalue weighted by molar-refractivity contribution is 9.10. The maximum atomic E-state index is 5.41. The molecule has 0 saturated carbocycles. The molecule has 1 aromatic carbocycles. The highest BCUT2D eigenvalue weighted by Crippen LogP contribution is 2.24. The first-order valence-corrected chi connectivity index (χ1v) is 5.08. The number of aryl methyl sites for hydroxylation is 1. The summed E-state index contributed by atoms with van der Waals surface area (Å²) in [6.45, 7) is 4.82. The molecule has 13 heavy (non-hydrogen) atoms. The maximum absolute atomic E-state index is 5.41. The van der Waals surface area contributed by atoms with Crippen LogP contribution in [0.1, 0.15) is 16.7 Å². The summed E-state index contributed by atoms with van der Waals surface area (Å²) in [7, 11) is 0. The SMILES string of the molecule is Cc1ccc(Br)c(/C=C/CN)c1C. The van der Waals surface area contributed by atoms with Gasteiger partial charge in [0.05, 0.1) is 0 Å². The Morgan fingerprint density at radius 3 is 2.69 bits per heavy atom. The van der Waals surface area contributed by atoms with Gasteiger partial charge in [-0.1, -0.05) is 34.1 Å². The van der Waals surface area contributed by atoms with Crippen LogP contribution in [0.15, 0.2) is 22.7 Å². The van der Waals surface area contributed by atoms with Gasteiger partial charge in [0.2, 0.25) is 0 Å². The molecule has 0 fully saturated rings. The molecule has 0 heterocycles. The molecular weight excluding hydrogens is 226 g/mol. The van der Waals surface area contributed by atoms with E-state index in [1.807, 2.05) is 6.08 Å². The molecular formula is C11H14BrN. The van der Waals surface area contributed by atoms with E-state index in [0.29, 0.717) is 6.54 Å². The summed E-state index contributed by atoms with van der Waals surface area (Å²) in [4.78, 5) is 0. The molecule has 1 aromatic rings. The summed E-state index contributed by atoms with van der Waals surface area (Å²) in [5, 5.41) is 0. The van der Waals surface area contributed by atoms with E-state index < -0.39 is 0 Å². The second kappa shape index (κ2) is 4.58. The van der Waals surface area contributed by atoms with E-state index in [2.05, 4.69) is 48.0 Å². The molecule has 0 radical (unpaired) electrons. The van der Waals surface area contributed by atoms with Crippen molar-refractivity contribution in [3.8, 4) is 0 Å². The van der Waals surface area contributed by atoms with Gasteiger partial charge in [-0.05, 0) is 36.6 Å². The molecule has 0 aliphatic heterocycles. The Kier molecular flexibility index (Phi) is 3.70. The molecule has 2 heteroatoms. The zero-order valence-corrected chi connectivity index (χ0v) is 9.56. The third kappa shape index (κ3) is 2.42. The van der Waals surface area contributed by atoms with Gasteiger partial charge in [0.25, 0.3) is 0 Å². The van der Waals surface area contributed by atoms with E-state index in [1.165, 1.54) is 16.7 Å². The van der Waals surface area contributed by atoms with Crippen LogP contribution in [0.25, 0.3) is 6.08 Å². The van der Waals surface area contributed by atoms with Crippen LogP contribution in [0.2, 0.25) is 0 Å². The fourth-order valence-corrected chi connectivity index (χ4v) is 1.76. The van der Waals surface area contributed by atoms with Gasteiger partial charge in [-0.2, -0.15) is 0 Å². The van der Waals surface area contributed by atoms with Crippen molar-refractivity contribution in [2.75, 3.05) is 6.54 Å². The average Bonchev–Trinajstić information content (AvgIpc) is 2.12. The normalized spacial score (nSPS) is 11.1. The number of halogens is 1. The highest BCUT2D eigenvalue weighted by Gasteiger charge is 2.01. The number of benzene rings is 1. The molecule has 0 spiro atoms. The maximum Gasteiger partial charge on any atom is 0.0250 e. The molecule has 0 unspecified atom stereocenters. The van der Waals surface area contributed by atoms with Gasteiger partial charge in [-0.15, -0.1) is 0 Å². The molecule has 0 amide bonds. The van der Waals surface area contributed by atoms with Crippen molar-refractivity contribution in [1.82, 2.24) is 0 Å². The first-order valence-electron chi connectivity index (χ1n) is 4.29. The topological polar surface area (TPSA) is 26.0 Å². The van der Waals surface area contributed by atoms with Crippen LogP contribution in [-0.2, 0) is 0 Å². The first kappa shape index (κ1) is 10.5. The standard InChI is InChI=1S/C11H14BrN/c1-8-5-6-11(12)10(9(8)2)4-3-7-13/h3-6H,7,13H2,1-2H3/b4-3+. The van der Waals surface area contributed by atoms with Crippen molar-refractivity contribution in [2.45, 2.75) is 13.8 Å². The lowest BCUT2D eigenvalue weighted by Gasteiger charge is -2.06. The predicted molar refractivity (Wildman–Crippen MR) is 61.7 cm³/mol. The number of nitrogens with two attached hydrogens (primary N) is 1. The van der Waals surface area contributed by atoms with Crippen molar-refractivity contribution in [3.05, 3.63) is 39.4 Å². The fourth-order valence-electron chi connectivity index (χ4n) is 1.19. The molecule has 0 bridgehead atoms. The Morgan fingerprint density at radius 1 is 1.38 bits per heavy atom. The molecule has 0 aromatic heterocycles. The van der Waals surface area contributed by atoms with Gasteiger partial charge in [0.15, 0.2) is 0 Å². The van der Waals surface area contributed by atoms with Gasteiger partial charge in [0, 0.05) is 11.0 Å². The third-order valence-corrected chi connectivity index (χ3v) is 2.84. The lowest BCUT2D eigenvalue weighted by Crippen LogP contribution is -1.93. The largest absolute Gasteiger partial charge is 0.327 e. The second-order valence-corrected chi connectivity index (χ2v) is 3.90. The smallest absolute Gasteiger partial charge is 0.0250 e. The van der Waals surface area contributed by atoms with E-state index >= 15 is 0 Å². The number of rotatable bonds is 2. The summed E-state index contributed by atoms with van der Waals surface area (Å²) < 4.78 is 1.13. The monoisotopic (exact) mass is 239 g/mol. The molecule has 70 valence electrons. The quantitative estimate of drug-likeness (QED) is 0.844. The highest BCUT2D eigenvalue weighted by atomic mass is 79.9. The van der Waals surface area contributed by atoms with Crippen molar-refractivity contribution in [3.63, 3.8) is 0 Å². The van der Waals surface area contributed by atoms with Crippen molar-refractivity contribution < 1.29 is 0 Å². The Bertz CT molecular complexity index is 329. The third-order valence-electron chi connectivity index (χ3n) is 2.15. The van der Waals surface area contributed by atoms with Crippen LogP contribution in [-0.4, -0.2) is 6.54 Å². The Labute approximate surface area is 87.8 Å². The van der Waals surface area contributed by atoms with Crippen LogP contribution >= 0.6 is 15.9 Å². The summed E-state index contributed by atoms with van der Waals surface area (Å²) in [5.41, 5.74) is 9.25. The summed E-state index contributed by atoms with van der Waals surface area (Å²) in [5.74, 6) is 0. The van der Waals surface area contributed by atoms with Gasteiger partial charge < -0.3 is 5.73 Å². The van der Waals surface area contributed by atoms with Gasteiger partial charge in [-0.25, -0.2) is 0 Å². The lowest BCUT2D eigenvalue weighted by molar-refractivity contribution is 1.26. The molecule has 2 N–H and O–H groups in total.